The summed E-state index contributed by atoms with van der Waals surface area (Å²) in [6.45, 7) is 3.34. The lowest BCUT2D eigenvalue weighted by molar-refractivity contribution is -0.115. The topological polar surface area (TPSA) is 45.2 Å². The number of halogens is 1. The Morgan fingerprint density at radius 2 is 2.07 bits per heavy atom. The molecule has 0 saturated heterocycles. The molecule has 3 aromatic rings. The van der Waals surface area contributed by atoms with Crippen molar-refractivity contribution in [3.8, 4) is 11.3 Å². The molecule has 1 amide bonds. The first-order valence-corrected chi connectivity index (χ1v) is 10.2. The number of nitrogens with zero attached hydrogens (tertiary/aromatic N) is 2. The van der Waals surface area contributed by atoms with Crippen LogP contribution in [0.1, 0.15) is 17.5 Å². The number of thiazole rings is 1. The molecule has 0 atom stereocenters. The van der Waals surface area contributed by atoms with Gasteiger partial charge >= 0.3 is 0 Å². The average molecular weight is 398 g/mol. The number of benzene rings is 2. The van der Waals surface area contributed by atoms with Crippen LogP contribution in [-0.4, -0.2) is 24.0 Å². The number of nitrogens with one attached hydrogen (secondary N) is 1. The van der Waals surface area contributed by atoms with Gasteiger partial charge in [-0.25, -0.2) is 4.98 Å². The molecule has 0 fully saturated rings. The minimum Gasteiger partial charge on any atom is -0.362 e. The maximum atomic E-state index is 12.5. The Kier molecular flexibility index (Phi) is 5.14. The number of hydrogen-bond donors (Lipinski definition) is 1. The SMILES string of the molecule is Cc1ccc2c(c1)CCCN2CC(=O)Nc1nc(-c2ccc(Cl)cc2)cs1. The van der Waals surface area contributed by atoms with Gasteiger partial charge in [0.1, 0.15) is 0 Å². The molecule has 0 spiro atoms. The summed E-state index contributed by atoms with van der Waals surface area (Å²) in [7, 11) is 0. The molecule has 1 aliphatic heterocycles. The normalized spacial score (nSPS) is 13.3. The molecule has 27 heavy (non-hydrogen) atoms. The highest BCUT2D eigenvalue weighted by atomic mass is 35.5. The van der Waals surface area contributed by atoms with Crippen LogP contribution in [0.25, 0.3) is 11.3 Å². The van der Waals surface area contributed by atoms with Gasteiger partial charge in [-0.05, 0) is 43.5 Å². The van der Waals surface area contributed by atoms with Gasteiger partial charge in [-0.2, -0.15) is 0 Å². The van der Waals surface area contributed by atoms with Crippen LogP contribution in [0, 0.1) is 6.92 Å². The van der Waals surface area contributed by atoms with Gasteiger partial charge in [-0.1, -0.05) is 41.4 Å². The molecule has 4 nitrogen and oxygen atoms in total. The number of hydrogen-bond acceptors (Lipinski definition) is 4. The van der Waals surface area contributed by atoms with E-state index in [1.165, 1.54) is 28.2 Å². The van der Waals surface area contributed by atoms with Crippen LogP contribution in [0.3, 0.4) is 0 Å². The first-order chi connectivity index (χ1) is 13.1. The second-order valence-corrected chi connectivity index (χ2v) is 8.04. The van der Waals surface area contributed by atoms with E-state index < -0.39 is 0 Å². The van der Waals surface area contributed by atoms with E-state index >= 15 is 0 Å². The van der Waals surface area contributed by atoms with Gasteiger partial charge in [-0.3, -0.25) is 4.79 Å². The Balaban J connectivity index is 1.43. The van der Waals surface area contributed by atoms with E-state index in [9.17, 15) is 4.79 Å². The standard InChI is InChI=1S/C21H20ClN3OS/c1-14-4-9-19-16(11-14)3-2-10-25(19)12-20(26)24-21-23-18(13-27-21)15-5-7-17(22)8-6-15/h4-9,11,13H,2-3,10,12H2,1H3,(H,23,24,26). The zero-order valence-corrected chi connectivity index (χ0v) is 16.6. The maximum Gasteiger partial charge on any atom is 0.245 e. The van der Waals surface area contributed by atoms with Gasteiger partial charge in [0.2, 0.25) is 5.91 Å². The van der Waals surface area contributed by atoms with Crippen LogP contribution < -0.4 is 10.2 Å². The van der Waals surface area contributed by atoms with Crippen molar-refractivity contribution in [1.82, 2.24) is 4.98 Å². The summed E-state index contributed by atoms with van der Waals surface area (Å²) in [6.07, 6.45) is 2.15. The summed E-state index contributed by atoms with van der Waals surface area (Å²) >= 11 is 7.36. The van der Waals surface area contributed by atoms with Crippen molar-refractivity contribution in [2.75, 3.05) is 23.3 Å². The first kappa shape index (κ1) is 18.0. The van der Waals surface area contributed by atoms with Gasteiger partial charge in [0.05, 0.1) is 12.2 Å². The Morgan fingerprint density at radius 3 is 2.89 bits per heavy atom. The highest BCUT2D eigenvalue weighted by molar-refractivity contribution is 7.14. The molecular formula is C21H20ClN3OS. The number of carbonyl (C=O) groups excluding carboxylic acids is 1. The summed E-state index contributed by atoms with van der Waals surface area (Å²) in [5.41, 5.74) is 5.58. The van der Waals surface area contributed by atoms with Crippen LogP contribution in [0.4, 0.5) is 10.8 Å². The number of amides is 1. The molecule has 0 saturated carbocycles. The molecular weight excluding hydrogens is 378 g/mol. The van der Waals surface area contributed by atoms with E-state index in [2.05, 4.69) is 40.3 Å². The lowest BCUT2D eigenvalue weighted by atomic mass is 9.99. The largest absolute Gasteiger partial charge is 0.362 e. The number of aryl methyl sites for hydroxylation is 2. The second-order valence-electron chi connectivity index (χ2n) is 6.75. The molecule has 0 bridgehead atoms. The van der Waals surface area contributed by atoms with Crippen molar-refractivity contribution in [3.05, 3.63) is 64.0 Å². The van der Waals surface area contributed by atoms with E-state index in [0.717, 1.165) is 30.6 Å². The number of fused-ring (bicyclic) bond motifs is 1. The molecule has 138 valence electrons. The highest BCUT2D eigenvalue weighted by Gasteiger charge is 2.19. The number of rotatable bonds is 4. The van der Waals surface area contributed by atoms with Crippen molar-refractivity contribution in [3.63, 3.8) is 0 Å². The zero-order valence-electron chi connectivity index (χ0n) is 15.0. The van der Waals surface area contributed by atoms with Crippen molar-refractivity contribution < 1.29 is 4.79 Å². The second kappa shape index (κ2) is 7.71. The summed E-state index contributed by atoms with van der Waals surface area (Å²) in [4.78, 5) is 19.2. The fourth-order valence-corrected chi connectivity index (χ4v) is 4.25. The summed E-state index contributed by atoms with van der Waals surface area (Å²) in [5.74, 6) is -0.0413. The first-order valence-electron chi connectivity index (χ1n) is 8.94. The lowest BCUT2D eigenvalue weighted by Crippen LogP contribution is -2.36. The maximum absolute atomic E-state index is 12.5. The third-order valence-corrected chi connectivity index (χ3v) is 5.68. The van der Waals surface area contributed by atoms with Crippen LogP contribution >= 0.6 is 22.9 Å². The van der Waals surface area contributed by atoms with Gasteiger partial charge in [-0.15, -0.1) is 11.3 Å². The molecule has 1 aliphatic rings. The van der Waals surface area contributed by atoms with Crippen LogP contribution in [0.15, 0.2) is 47.8 Å². The summed E-state index contributed by atoms with van der Waals surface area (Å²) < 4.78 is 0. The highest BCUT2D eigenvalue weighted by Crippen LogP contribution is 2.29. The molecule has 6 heteroatoms. The fourth-order valence-electron chi connectivity index (χ4n) is 3.38. The van der Waals surface area contributed by atoms with E-state index in [1.807, 2.05) is 29.6 Å². The molecule has 2 aromatic carbocycles. The van der Waals surface area contributed by atoms with Crippen LogP contribution in [0.5, 0.6) is 0 Å². The number of carbonyl (C=O) groups is 1. The van der Waals surface area contributed by atoms with Gasteiger partial charge < -0.3 is 10.2 Å². The van der Waals surface area contributed by atoms with Crippen LogP contribution in [-0.2, 0) is 11.2 Å². The molecule has 0 aliphatic carbocycles. The molecule has 1 N–H and O–H groups in total. The van der Waals surface area contributed by atoms with Crippen molar-refractivity contribution >= 4 is 39.7 Å². The summed E-state index contributed by atoms with van der Waals surface area (Å²) in [5, 5.41) is 6.19. The minimum absolute atomic E-state index is 0.0413. The van der Waals surface area contributed by atoms with Crippen molar-refractivity contribution in [2.45, 2.75) is 19.8 Å². The Morgan fingerprint density at radius 1 is 1.26 bits per heavy atom. The molecule has 0 unspecified atom stereocenters. The smallest absolute Gasteiger partial charge is 0.245 e. The van der Waals surface area contributed by atoms with E-state index in [4.69, 9.17) is 11.6 Å². The molecule has 0 radical (unpaired) electrons. The van der Waals surface area contributed by atoms with E-state index in [-0.39, 0.29) is 5.91 Å². The molecule has 4 rings (SSSR count). The Bertz CT molecular complexity index is 968. The quantitative estimate of drug-likeness (QED) is 0.661. The summed E-state index contributed by atoms with van der Waals surface area (Å²) in [6, 6.07) is 14.0. The Hall–Kier alpha value is -2.37. The minimum atomic E-state index is -0.0413. The van der Waals surface area contributed by atoms with Gasteiger partial charge in [0.25, 0.3) is 0 Å². The monoisotopic (exact) mass is 397 g/mol. The van der Waals surface area contributed by atoms with E-state index in [1.54, 1.807) is 0 Å². The Labute approximate surface area is 167 Å². The van der Waals surface area contributed by atoms with Gasteiger partial charge in [0.15, 0.2) is 5.13 Å². The third-order valence-electron chi connectivity index (χ3n) is 4.67. The predicted molar refractivity (Wildman–Crippen MR) is 113 cm³/mol. The van der Waals surface area contributed by atoms with Gasteiger partial charge in [0, 0.05) is 28.2 Å². The van der Waals surface area contributed by atoms with Crippen molar-refractivity contribution in [2.24, 2.45) is 0 Å². The average Bonchev–Trinajstić information content (AvgIpc) is 3.10. The number of aromatic nitrogens is 1. The predicted octanol–water partition coefficient (Wildman–Crippen LogP) is 5.16. The lowest BCUT2D eigenvalue weighted by Gasteiger charge is -2.30. The van der Waals surface area contributed by atoms with Crippen molar-refractivity contribution in [1.29, 1.82) is 0 Å². The fraction of sp³-hybridized carbons (Fsp3) is 0.238. The molecule has 1 aromatic heterocycles. The number of anilines is 2. The molecule has 2 heterocycles. The van der Waals surface area contributed by atoms with E-state index in [0.29, 0.717) is 16.7 Å². The zero-order chi connectivity index (χ0) is 18.8. The van der Waals surface area contributed by atoms with Crippen LogP contribution in [0.2, 0.25) is 5.02 Å². The third kappa shape index (κ3) is 4.15.